The topological polar surface area (TPSA) is 51.4 Å². The number of hydrogen-bond donors (Lipinski definition) is 0. The van der Waals surface area contributed by atoms with Crippen LogP contribution in [0.4, 0.5) is 10.1 Å². The fraction of sp³-hybridized carbons (Fsp3) is 0.467. The van der Waals surface area contributed by atoms with Gasteiger partial charge in [0.1, 0.15) is 17.7 Å². The van der Waals surface area contributed by atoms with Crippen molar-refractivity contribution in [2.75, 3.05) is 11.4 Å². The number of benzene rings is 1. The maximum Gasteiger partial charge on any atom is 0.235 e. The van der Waals surface area contributed by atoms with E-state index in [0.29, 0.717) is 30.6 Å². The molecule has 5 nitrogen and oxygen atoms in total. The predicted octanol–water partition coefficient (Wildman–Crippen LogP) is 3.12. The van der Waals surface area contributed by atoms with Crippen molar-refractivity contribution >= 4 is 5.69 Å². The van der Waals surface area contributed by atoms with Gasteiger partial charge in [0.25, 0.3) is 0 Å². The highest BCUT2D eigenvalue weighted by Crippen LogP contribution is 2.34. The summed E-state index contributed by atoms with van der Waals surface area (Å²) in [5.41, 5.74) is 0.846. The molecule has 0 saturated carbocycles. The monoisotopic (exact) mass is 291 g/mol. The molecule has 0 N–H and O–H groups in total. The summed E-state index contributed by atoms with van der Waals surface area (Å²) in [6, 6.07) is 4.56. The number of rotatable bonds is 3. The lowest BCUT2D eigenvalue weighted by atomic mass is 10.2. The number of halogens is 1. The van der Waals surface area contributed by atoms with Crippen molar-refractivity contribution in [3.8, 4) is 5.75 Å². The number of fused-ring (bicyclic) bond motifs is 1. The van der Waals surface area contributed by atoms with Gasteiger partial charge in [-0.05, 0) is 19.1 Å². The Bertz CT molecular complexity index is 642. The Morgan fingerprint density at radius 3 is 2.90 bits per heavy atom. The maximum absolute atomic E-state index is 13.3. The summed E-state index contributed by atoms with van der Waals surface area (Å²) in [6.07, 6.45) is -0.0215. The minimum absolute atomic E-state index is 0.0215. The van der Waals surface area contributed by atoms with Crippen LogP contribution in [0.5, 0.6) is 5.75 Å². The molecular weight excluding hydrogens is 273 g/mol. The highest BCUT2D eigenvalue weighted by atomic mass is 19.1. The molecule has 1 atom stereocenters. The van der Waals surface area contributed by atoms with Crippen LogP contribution in [-0.4, -0.2) is 22.8 Å². The summed E-state index contributed by atoms with van der Waals surface area (Å²) in [5, 5.41) is 8.11. The summed E-state index contributed by atoms with van der Waals surface area (Å²) in [7, 11) is 0. The average molecular weight is 291 g/mol. The second-order valence-electron chi connectivity index (χ2n) is 5.61. The largest absolute Gasteiger partial charge is 0.487 e. The standard InChI is InChI=1S/C15H18FN3O2/c1-9(2)15-18-17-14(21-15)8-19-7-10(3)20-13-6-11(16)4-5-12(13)19/h4-6,9-10H,7-8H2,1-3H3. The minimum Gasteiger partial charge on any atom is -0.487 e. The lowest BCUT2D eigenvalue weighted by Crippen LogP contribution is -2.38. The van der Waals surface area contributed by atoms with Crippen molar-refractivity contribution in [3.05, 3.63) is 35.8 Å². The molecule has 2 aromatic rings. The Hall–Kier alpha value is -2.11. The fourth-order valence-electron chi connectivity index (χ4n) is 2.38. The van der Waals surface area contributed by atoms with Crippen molar-refractivity contribution in [2.45, 2.75) is 39.3 Å². The van der Waals surface area contributed by atoms with Gasteiger partial charge < -0.3 is 14.1 Å². The van der Waals surface area contributed by atoms with Crippen LogP contribution >= 0.6 is 0 Å². The Kier molecular flexibility index (Phi) is 3.53. The first-order valence-electron chi connectivity index (χ1n) is 7.06. The number of nitrogens with zero attached hydrogens (tertiary/aromatic N) is 3. The van der Waals surface area contributed by atoms with Crippen LogP contribution in [0.3, 0.4) is 0 Å². The van der Waals surface area contributed by atoms with E-state index < -0.39 is 0 Å². The first-order valence-corrected chi connectivity index (χ1v) is 7.06. The van der Waals surface area contributed by atoms with E-state index in [1.807, 2.05) is 20.8 Å². The third-order valence-corrected chi connectivity index (χ3v) is 3.37. The molecule has 0 bridgehead atoms. The van der Waals surface area contributed by atoms with Crippen LogP contribution in [-0.2, 0) is 6.54 Å². The molecule has 0 fully saturated rings. The zero-order valence-electron chi connectivity index (χ0n) is 12.3. The van der Waals surface area contributed by atoms with E-state index in [1.165, 1.54) is 12.1 Å². The Morgan fingerprint density at radius 1 is 1.38 bits per heavy atom. The molecule has 1 aromatic carbocycles. The van der Waals surface area contributed by atoms with Crippen molar-refractivity contribution < 1.29 is 13.5 Å². The summed E-state index contributed by atoms with van der Waals surface area (Å²) in [4.78, 5) is 2.07. The van der Waals surface area contributed by atoms with Gasteiger partial charge in [-0.2, -0.15) is 0 Å². The highest BCUT2D eigenvalue weighted by Gasteiger charge is 2.25. The van der Waals surface area contributed by atoms with Crippen molar-refractivity contribution in [1.29, 1.82) is 0 Å². The van der Waals surface area contributed by atoms with E-state index in [4.69, 9.17) is 9.15 Å². The van der Waals surface area contributed by atoms with Crippen molar-refractivity contribution in [3.63, 3.8) is 0 Å². The fourth-order valence-corrected chi connectivity index (χ4v) is 2.38. The van der Waals surface area contributed by atoms with Crippen LogP contribution in [0.25, 0.3) is 0 Å². The molecule has 0 spiro atoms. The molecule has 1 aromatic heterocycles. The second-order valence-corrected chi connectivity index (χ2v) is 5.61. The number of anilines is 1. The van der Waals surface area contributed by atoms with E-state index in [0.717, 1.165) is 5.69 Å². The first kappa shape index (κ1) is 13.9. The normalized spacial score (nSPS) is 17.8. The highest BCUT2D eigenvalue weighted by molar-refractivity contribution is 5.60. The van der Waals surface area contributed by atoms with Crippen LogP contribution in [0.15, 0.2) is 22.6 Å². The van der Waals surface area contributed by atoms with Gasteiger partial charge in [-0.3, -0.25) is 0 Å². The molecule has 0 radical (unpaired) electrons. The molecule has 3 rings (SSSR count). The first-order chi connectivity index (χ1) is 10.0. The van der Waals surface area contributed by atoms with E-state index in [2.05, 4.69) is 15.1 Å². The molecule has 21 heavy (non-hydrogen) atoms. The van der Waals surface area contributed by atoms with Crippen LogP contribution in [0.1, 0.15) is 38.5 Å². The quantitative estimate of drug-likeness (QED) is 0.869. The molecule has 2 heterocycles. The van der Waals surface area contributed by atoms with Crippen LogP contribution < -0.4 is 9.64 Å². The molecular formula is C15H18FN3O2. The van der Waals surface area contributed by atoms with Crippen LogP contribution in [0, 0.1) is 5.82 Å². The maximum atomic E-state index is 13.3. The molecule has 6 heteroatoms. The van der Waals surface area contributed by atoms with Crippen molar-refractivity contribution in [2.24, 2.45) is 0 Å². The summed E-state index contributed by atoms with van der Waals surface area (Å²) in [6.45, 7) is 7.15. The van der Waals surface area contributed by atoms with Gasteiger partial charge in [0.15, 0.2) is 0 Å². The van der Waals surface area contributed by atoms with Gasteiger partial charge in [-0.25, -0.2) is 4.39 Å². The summed E-state index contributed by atoms with van der Waals surface area (Å²) in [5.74, 6) is 1.64. The van der Waals surface area contributed by atoms with Gasteiger partial charge in [0.05, 0.1) is 18.8 Å². The third-order valence-electron chi connectivity index (χ3n) is 3.37. The van der Waals surface area contributed by atoms with Gasteiger partial charge in [0.2, 0.25) is 11.8 Å². The number of hydrogen-bond acceptors (Lipinski definition) is 5. The predicted molar refractivity (Wildman–Crippen MR) is 75.9 cm³/mol. The molecule has 0 saturated heterocycles. The summed E-state index contributed by atoms with van der Waals surface area (Å²) < 4.78 is 24.6. The average Bonchev–Trinajstić information content (AvgIpc) is 2.86. The van der Waals surface area contributed by atoms with Gasteiger partial charge in [0, 0.05) is 12.0 Å². The smallest absolute Gasteiger partial charge is 0.235 e. The van der Waals surface area contributed by atoms with Crippen LogP contribution in [0.2, 0.25) is 0 Å². The number of ether oxygens (including phenoxy) is 1. The van der Waals surface area contributed by atoms with Crippen molar-refractivity contribution in [1.82, 2.24) is 10.2 Å². The third kappa shape index (κ3) is 2.84. The zero-order valence-corrected chi connectivity index (χ0v) is 12.3. The summed E-state index contributed by atoms with van der Waals surface area (Å²) >= 11 is 0. The van der Waals surface area contributed by atoms with Gasteiger partial charge in [-0.15, -0.1) is 10.2 Å². The SMILES string of the molecule is CC1CN(Cc2nnc(C(C)C)o2)c2ccc(F)cc2O1. The van der Waals surface area contributed by atoms with Gasteiger partial charge >= 0.3 is 0 Å². The van der Waals surface area contributed by atoms with E-state index in [9.17, 15) is 4.39 Å². The number of aromatic nitrogens is 2. The second kappa shape index (κ2) is 5.35. The lowest BCUT2D eigenvalue weighted by molar-refractivity contribution is 0.209. The molecule has 112 valence electrons. The minimum atomic E-state index is -0.303. The Labute approximate surface area is 122 Å². The molecule has 0 amide bonds. The van der Waals surface area contributed by atoms with E-state index in [1.54, 1.807) is 6.07 Å². The van der Waals surface area contributed by atoms with E-state index >= 15 is 0 Å². The molecule has 1 aliphatic heterocycles. The molecule has 1 unspecified atom stereocenters. The Morgan fingerprint density at radius 2 is 2.19 bits per heavy atom. The van der Waals surface area contributed by atoms with Gasteiger partial charge in [-0.1, -0.05) is 13.8 Å². The van der Waals surface area contributed by atoms with E-state index in [-0.39, 0.29) is 17.8 Å². The lowest BCUT2D eigenvalue weighted by Gasteiger charge is -2.34. The Balaban J connectivity index is 1.85. The molecule has 1 aliphatic rings. The molecule has 0 aliphatic carbocycles. The zero-order chi connectivity index (χ0) is 15.0.